The first kappa shape index (κ1) is 16.1. The van der Waals surface area contributed by atoms with Gasteiger partial charge in [0.2, 0.25) is 0 Å². The van der Waals surface area contributed by atoms with Crippen LogP contribution in [0.1, 0.15) is 16.7 Å². The van der Waals surface area contributed by atoms with E-state index in [2.05, 4.69) is 65.8 Å². The summed E-state index contributed by atoms with van der Waals surface area (Å²) < 4.78 is 5.39. The van der Waals surface area contributed by atoms with Crippen LogP contribution in [0, 0.1) is 13.8 Å². The largest absolute Gasteiger partial charge is 0.496 e. The molecule has 0 bridgehead atoms. The quantitative estimate of drug-likeness (QED) is 0.720. The number of rotatable bonds is 5. The Kier molecular flexibility index (Phi) is 4.80. The van der Waals surface area contributed by atoms with Crippen LogP contribution in [-0.4, -0.2) is 12.1 Å². The van der Waals surface area contributed by atoms with Crippen molar-refractivity contribution >= 4 is 5.69 Å². The third kappa shape index (κ3) is 3.74. The van der Waals surface area contributed by atoms with Gasteiger partial charge in [0, 0.05) is 24.5 Å². The first-order valence-corrected chi connectivity index (χ1v) is 8.05. The topological polar surface area (TPSA) is 34.1 Å². The highest BCUT2D eigenvalue weighted by molar-refractivity contribution is 5.67. The van der Waals surface area contributed by atoms with E-state index in [1.165, 1.54) is 16.7 Å². The van der Waals surface area contributed by atoms with E-state index < -0.39 is 0 Å². The van der Waals surface area contributed by atoms with Crippen LogP contribution in [0.25, 0.3) is 11.1 Å². The predicted molar refractivity (Wildman–Crippen MR) is 99.5 cm³/mol. The highest BCUT2D eigenvalue weighted by atomic mass is 16.5. The molecule has 24 heavy (non-hydrogen) atoms. The standard InChI is InChI=1S/C21H22N2O/c1-15-5-4-6-18(9-15)19-11-20(14-22-13-19)23-12-17-8-7-16(2)21(10-17)24-3/h4-11,13-14,23H,12H2,1-3H3. The van der Waals surface area contributed by atoms with Gasteiger partial charge in [0.25, 0.3) is 0 Å². The van der Waals surface area contributed by atoms with Crippen molar-refractivity contribution < 1.29 is 4.74 Å². The molecule has 1 N–H and O–H groups in total. The minimum absolute atomic E-state index is 0.732. The summed E-state index contributed by atoms with van der Waals surface area (Å²) in [7, 11) is 1.70. The first-order chi connectivity index (χ1) is 11.7. The molecule has 0 aliphatic rings. The highest BCUT2D eigenvalue weighted by Crippen LogP contribution is 2.23. The SMILES string of the molecule is COc1cc(CNc2cncc(-c3cccc(C)c3)c2)ccc1C. The molecule has 122 valence electrons. The average Bonchev–Trinajstić information content (AvgIpc) is 2.61. The van der Waals surface area contributed by atoms with Crippen molar-refractivity contribution in [2.24, 2.45) is 0 Å². The van der Waals surface area contributed by atoms with Gasteiger partial charge in [-0.25, -0.2) is 0 Å². The molecule has 0 fully saturated rings. The van der Waals surface area contributed by atoms with E-state index in [4.69, 9.17) is 4.74 Å². The molecular weight excluding hydrogens is 296 g/mol. The molecule has 0 aliphatic carbocycles. The normalized spacial score (nSPS) is 10.5. The summed E-state index contributed by atoms with van der Waals surface area (Å²) in [6.07, 6.45) is 3.75. The number of benzene rings is 2. The van der Waals surface area contributed by atoms with Gasteiger partial charge in [0.05, 0.1) is 12.8 Å². The van der Waals surface area contributed by atoms with E-state index in [1.807, 2.05) is 19.3 Å². The average molecular weight is 318 g/mol. The third-order valence-corrected chi connectivity index (χ3v) is 4.06. The number of hydrogen-bond donors (Lipinski definition) is 1. The van der Waals surface area contributed by atoms with Crippen LogP contribution in [0.4, 0.5) is 5.69 Å². The summed E-state index contributed by atoms with van der Waals surface area (Å²) in [6, 6.07) is 16.9. The lowest BCUT2D eigenvalue weighted by Crippen LogP contribution is -2.01. The Hall–Kier alpha value is -2.81. The smallest absolute Gasteiger partial charge is 0.122 e. The van der Waals surface area contributed by atoms with Crippen molar-refractivity contribution in [3.05, 3.63) is 77.6 Å². The number of anilines is 1. The molecule has 0 aliphatic heterocycles. The van der Waals surface area contributed by atoms with E-state index in [9.17, 15) is 0 Å². The zero-order valence-electron chi connectivity index (χ0n) is 14.3. The Balaban J connectivity index is 1.75. The van der Waals surface area contributed by atoms with Gasteiger partial charge in [-0.1, -0.05) is 42.0 Å². The lowest BCUT2D eigenvalue weighted by Gasteiger charge is -2.11. The number of nitrogens with zero attached hydrogens (tertiary/aromatic N) is 1. The lowest BCUT2D eigenvalue weighted by molar-refractivity contribution is 0.411. The van der Waals surface area contributed by atoms with E-state index in [0.29, 0.717) is 0 Å². The Labute approximate surface area is 143 Å². The molecule has 0 unspecified atom stereocenters. The minimum atomic E-state index is 0.732. The summed E-state index contributed by atoms with van der Waals surface area (Å²) in [5, 5.41) is 3.44. The van der Waals surface area contributed by atoms with Gasteiger partial charge >= 0.3 is 0 Å². The van der Waals surface area contributed by atoms with Crippen LogP contribution in [-0.2, 0) is 6.54 Å². The molecule has 0 spiro atoms. The molecular formula is C21H22N2O. The van der Waals surface area contributed by atoms with Gasteiger partial charge in [-0.2, -0.15) is 0 Å². The fraction of sp³-hybridized carbons (Fsp3) is 0.190. The lowest BCUT2D eigenvalue weighted by atomic mass is 10.1. The Morgan fingerprint density at radius 1 is 0.958 bits per heavy atom. The van der Waals surface area contributed by atoms with E-state index in [1.54, 1.807) is 7.11 Å². The molecule has 3 nitrogen and oxygen atoms in total. The number of methoxy groups -OCH3 is 1. The molecule has 2 aromatic carbocycles. The Morgan fingerprint density at radius 3 is 2.62 bits per heavy atom. The van der Waals surface area contributed by atoms with Crippen molar-refractivity contribution in [1.82, 2.24) is 4.98 Å². The maximum absolute atomic E-state index is 5.39. The van der Waals surface area contributed by atoms with Gasteiger partial charge in [0.1, 0.15) is 5.75 Å². The summed E-state index contributed by atoms with van der Waals surface area (Å²) in [5.74, 6) is 0.918. The van der Waals surface area contributed by atoms with Gasteiger partial charge in [-0.05, 0) is 42.7 Å². The van der Waals surface area contributed by atoms with Crippen LogP contribution < -0.4 is 10.1 Å². The monoisotopic (exact) mass is 318 g/mol. The summed E-state index contributed by atoms with van der Waals surface area (Å²) in [6.45, 7) is 4.88. The number of aryl methyl sites for hydroxylation is 2. The molecule has 3 heteroatoms. The second-order valence-electron chi connectivity index (χ2n) is 5.99. The molecule has 0 saturated heterocycles. The Morgan fingerprint density at radius 2 is 1.83 bits per heavy atom. The van der Waals surface area contributed by atoms with Gasteiger partial charge in [-0.3, -0.25) is 4.98 Å². The molecule has 0 saturated carbocycles. The van der Waals surface area contributed by atoms with Crippen molar-refractivity contribution in [2.45, 2.75) is 20.4 Å². The second kappa shape index (κ2) is 7.18. The molecule has 1 aromatic heterocycles. The molecule has 3 aromatic rings. The summed E-state index contributed by atoms with van der Waals surface area (Å²) in [5.41, 5.74) is 6.88. The van der Waals surface area contributed by atoms with E-state index >= 15 is 0 Å². The second-order valence-corrected chi connectivity index (χ2v) is 5.99. The number of hydrogen-bond acceptors (Lipinski definition) is 3. The van der Waals surface area contributed by atoms with Crippen LogP contribution in [0.2, 0.25) is 0 Å². The predicted octanol–water partition coefficient (Wildman–Crippen LogP) is 4.99. The van der Waals surface area contributed by atoms with Gasteiger partial charge in [-0.15, -0.1) is 0 Å². The van der Waals surface area contributed by atoms with E-state index in [0.717, 1.165) is 29.1 Å². The molecule has 0 amide bonds. The van der Waals surface area contributed by atoms with Crippen molar-refractivity contribution in [2.75, 3.05) is 12.4 Å². The maximum atomic E-state index is 5.39. The van der Waals surface area contributed by atoms with Crippen molar-refractivity contribution in [3.63, 3.8) is 0 Å². The third-order valence-electron chi connectivity index (χ3n) is 4.06. The van der Waals surface area contributed by atoms with Crippen LogP contribution in [0.3, 0.4) is 0 Å². The summed E-state index contributed by atoms with van der Waals surface area (Å²) in [4.78, 5) is 4.36. The van der Waals surface area contributed by atoms with Crippen LogP contribution in [0.15, 0.2) is 60.9 Å². The number of pyridine rings is 1. The summed E-state index contributed by atoms with van der Waals surface area (Å²) >= 11 is 0. The number of ether oxygens (including phenoxy) is 1. The van der Waals surface area contributed by atoms with Gasteiger partial charge in [0.15, 0.2) is 0 Å². The maximum Gasteiger partial charge on any atom is 0.122 e. The zero-order valence-corrected chi connectivity index (χ0v) is 14.3. The minimum Gasteiger partial charge on any atom is -0.496 e. The Bertz CT molecular complexity index is 843. The fourth-order valence-electron chi connectivity index (χ4n) is 2.70. The molecule has 3 rings (SSSR count). The van der Waals surface area contributed by atoms with Crippen LogP contribution >= 0.6 is 0 Å². The highest BCUT2D eigenvalue weighted by Gasteiger charge is 2.03. The van der Waals surface area contributed by atoms with E-state index in [-0.39, 0.29) is 0 Å². The van der Waals surface area contributed by atoms with Gasteiger partial charge < -0.3 is 10.1 Å². The van der Waals surface area contributed by atoms with Crippen LogP contribution in [0.5, 0.6) is 5.75 Å². The first-order valence-electron chi connectivity index (χ1n) is 8.05. The van der Waals surface area contributed by atoms with Crippen molar-refractivity contribution in [1.29, 1.82) is 0 Å². The molecule has 0 atom stereocenters. The molecule has 0 radical (unpaired) electrons. The number of aromatic nitrogens is 1. The zero-order chi connectivity index (χ0) is 16.9. The van der Waals surface area contributed by atoms with Crippen molar-refractivity contribution in [3.8, 4) is 16.9 Å². The fourth-order valence-corrected chi connectivity index (χ4v) is 2.70. The molecule has 1 heterocycles. The number of nitrogens with one attached hydrogen (secondary N) is 1.